The molecule has 1 aliphatic rings. The van der Waals surface area contributed by atoms with E-state index in [9.17, 15) is 4.79 Å². The van der Waals surface area contributed by atoms with Crippen LogP contribution in [0.4, 0.5) is 5.69 Å². The number of carbonyl (C=O) groups excluding carboxylic acids is 1. The molecule has 1 saturated heterocycles. The number of anilines is 1. The van der Waals surface area contributed by atoms with Crippen LogP contribution in [0.5, 0.6) is 0 Å². The Morgan fingerprint density at radius 1 is 1.24 bits per heavy atom. The van der Waals surface area contributed by atoms with Crippen molar-refractivity contribution in [3.05, 3.63) is 24.3 Å². The summed E-state index contributed by atoms with van der Waals surface area (Å²) in [4.78, 5) is 14.3. The fourth-order valence-electron chi connectivity index (χ4n) is 2.21. The monoisotopic (exact) mass is 288 g/mol. The maximum atomic E-state index is 10.8. The zero-order chi connectivity index (χ0) is 14.7. The van der Waals surface area contributed by atoms with Crippen LogP contribution in [0, 0.1) is 0 Å². The summed E-state index contributed by atoms with van der Waals surface area (Å²) < 4.78 is 5.34. The van der Waals surface area contributed by atoms with Gasteiger partial charge in [-0.1, -0.05) is 0 Å². The lowest BCUT2D eigenvalue weighted by Gasteiger charge is -2.28. The number of rotatable bonds is 4. The molecule has 1 aromatic heterocycles. The Morgan fingerprint density at radius 2 is 1.95 bits per heavy atom. The minimum atomic E-state index is -0.499. The number of benzene rings is 1. The van der Waals surface area contributed by atoms with E-state index >= 15 is 0 Å². The molecule has 0 saturated carbocycles. The van der Waals surface area contributed by atoms with E-state index in [-0.39, 0.29) is 6.54 Å². The Morgan fingerprint density at radius 3 is 2.62 bits per heavy atom. The van der Waals surface area contributed by atoms with Gasteiger partial charge in [-0.3, -0.25) is 4.79 Å². The molecule has 8 heteroatoms. The van der Waals surface area contributed by atoms with Crippen molar-refractivity contribution in [2.24, 2.45) is 5.73 Å². The van der Waals surface area contributed by atoms with Gasteiger partial charge in [-0.15, -0.1) is 10.2 Å². The highest BCUT2D eigenvalue weighted by molar-refractivity contribution is 5.73. The third kappa shape index (κ3) is 3.16. The highest BCUT2D eigenvalue weighted by Gasteiger charge is 2.12. The number of amides is 1. The number of carbonyl (C=O) groups is 1. The zero-order valence-corrected chi connectivity index (χ0v) is 11.5. The van der Waals surface area contributed by atoms with Crippen molar-refractivity contribution in [1.82, 2.24) is 20.2 Å². The second-order valence-electron chi connectivity index (χ2n) is 4.76. The lowest BCUT2D eigenvalue weighted by atomic mass is 10.2. The van der Waals surface area contributed by atoms with Crippen LogP contribution in [-0.2, 0) is 16.1 Å². The van der Waals surface area contributed by atoms with Gasteiger partial charge in [-0.25, -0.2) is 0 Å². The number of hydrogen-bond acceptors (Lipinski definition) is 6. The Labute approximate surface area is 121 Å². The van der Waals surface area contributed by atoms with E-state index in [1.807, 2.05) is 24.3 Å². The van der Waals surface area contributed by atoms with Gasteiger partial charge in [-0.05, 0) is 29.5 Å². The first-order valence-corrected chi connectivity index (χ1v) is 6.71. The van der Waals surface area contributed by atoms with E-state index in [0.717, 1.165) is 37.6 Å². The standard InChI is InChI=1S/C13H16N6O2/c14-12(20)9-19-16-13(15-17-19)10-1-3-11(4-2-10)18-5-7-21-8-6-18/h1-4H,5-9H2,(H2,14,20). The summed E-state index contributed by atoms with van der Waals surface area (Å²) in [6, 6.07) is 7.93. The molecule has 2 N–H and O–H groups in total. The summed E-state index contributed by atoms with van der Waals surface area (Å²) in [6.45, 7) is 3.23. The van der Waals surface area contributed by atoms with Gasteiger partial charge < -0.3 is 15.4 Å². The Kier molecular flexibility index (Phi) is 3.78. The van der Waals surface area contributed by atoms with Crippen molar-refractivity contribution < 1.29 is 9.53 Å². The number of ether oxygens (including phenoxy) is 1. The molecule has 0 bridgehead atoms. The van der Waals surface area contributed by atoms with E-state index in [4.69, 9.17) is 10.5 Å². The predicted molar refractivity (Wildman–Crippen MR) is 75.5 cm³/mol. The fraction of sp³-hybridized carbons (Fsp3) is 0.385. The molecule has 1 amide bonds. The molecule has 0 atom stereocenters. The summed E-state index contributed by atoms with van der Waals surface area (Å²) in [7, 11) is 0. The molecule has 2 heterocycles. The molecule has 1 aliphatic heterocycles. The summed E-state index contributed by atoms with van der Waals surface area (Å²) in [6.07, 6.45) is 0. The Balaban J connectivity index is 1.74. The fourth-order valence-corrected chi connectivity index (χ4v) is 2.21. The molecule has 0 radical (unpaired) electrons. The smallest absolute Gasteiger partial charge is 0.241 e. The maximum Gasteiger partial charge on any atom is 0.241 e. The van der Waals surface area contributed by atoms with Crippen molar-refractivity contribution in [2.45, 2.75) is 6.54 Å². The highest BCUT2D eigenvalue weighted by atomic mass is 16.5. The topological polar surface area (TPSA) is 99.2 Å². The minimum absolute atomic E-state index is 0.0706. The molecule has 21 heavy (non-hydrogen) atoms. The first-order valence-electron chi connectivity index (χ1n) is 6.71. The minimum Gasteiger partial charge on any atom is -0.378 e. The van der Waals surface area contributed by atoms with Gasteiger partial charge in [0.2, 0.25) is 11.7 Å². The van der Waals surface area contributed by atoms with Crippen molar-refractivity contribution in [1.29, 1.82) is 0 Å². The van der Waals surface area contributed by atoms with Crippen LogP contribution in [0.2, 0.25) is 0 Å². The zero-order valence-electron chi connectivity index (χ0n) is 11.5. The molecule has 1 fully saturated rings. The van der Waals surface area contributed by atoms with Gasteiger partial charge in [0.05, 0.1) is 13.2 Å². The number of morpholine rings is 1. The van der Waals surface area contributed by atoms with E-state index < -0.39 is 5.91 Å². The Bertz CT molecular complexity index is 618. The van der Waals surface area contributed by atoms with Gasteiger partial charge in [0, 0.05) is 24.3 Å². The van der Waals surface area contributed by atoms with Crippen LogP contribution >= 0.6 is 0 Å². The summed E-state index contributed by atoms with van der Waals surface area (Å²) in [5.74, 6) is -0.0219. The second-order valence-corrected chi connectivity index (χ2v) is 4.76. The first kappa shape index (κ1) is 13.5. The number of tetrazole rings is 1. The maximum absolute atomic E-state index is 10.8. The van der Waals surface area contributed by atoms with Crippen molar-refractivity contribution >= 4 is 11.6 Å². The predicted octanol–water partition coefficient (Wildman–Crippen LogP) is -0.338. The van der Waals surface area contributed by atoms with Gasteiger partial charge in [-0.2, -0.15) is 4.80 Å². The van der Waals surface area contributed by atoms with E-state index in [2.05, 4.69) is 20.3 Å². The number of nitrogens with two attached hydrogens (primary N) is 1. The largest absolute Gasteiger partial charge is 0.378 e. The second kappa shape index (κ2) is 5.88. The lowest BCUT2D eigenvalue weighted by Crippen LogP contribution is -2.36. The van der Waals surface area contributed by atoms with Crippen LogP contribution in [0.25, 0.3) is 11.4 Å². The van der Waals surface area contributed by atoms with Crippen molar-refractivity contribution in [3.8, 4) is 11.4 Å². The molecule has 2 aromatic rings. The summed E-state index contributed by atoms with van der Waals surface area (Å²) >= 11 is 0. The SMILES string of the molecule is NC(=O)Cn1nnc(-c2ccc(N3CCOCC3)cc2)n1. The number of nitrogens with zero attached hydrogens (tertiary/aromatic N) is 5. The molecule has 0 spiro atoms. The van der Waals surface area contributed by atoms with Crippen molar-refractivity contribution in [2.75, 3.05) is 31.2 Å². The van der Waals surface area contributed by atoms with Crippen LogP contribution in [0.15, 0.2) is 24.3 Å². The number of aromatic nitrogens is 4. The van der Waals surface area contributed by atoms with Crippen LogP contribution in [0.3, 0.4) is 0 Å². The van der Waals surface area contributed by atoms with Crippen LogP contribution < -0.4 is 10.6 Å². The Hall–Kier alpha value is -2.48. The molecule has 3 rings (SSSR count). The molecule has 0 unspecified atom stereocenters. The van der Waals surface area contributed by atoms with E-state index in [1.165, 1.54) is 4.80 Å². The van der Waals surface area contributed by atoms with Gasteiger partial charge in [0.1, 0.15) is 6.54 Å². The number of hydrogen-bond donors (Lipinski definition) is 1. The molecule has 1 aromatic carbocycles. The molecule has 0 aliphatic carbocycles. The molecular weight excluding hydrogens is 272 g/mol. The van der Waals surface area contributed by atoms with Gasteiger partial charge in [0.25, 0.3) is 0 Å². The number of primary amides is 1. The van der Waals surface area contributed by atoms with E-state index in [0.29, 0.717) is 5.82 Å². The average molecular weight is 288 g/mol. The highest BCUT2D eigenvalue weighted by Crippen LogP contribution is 2.20. The normalized spacial score (nSPS) is 15.1. The van der Waals surface area contributed by atoms with Gasteiger partial charge in [0.15, 0.2) is 0 Å². The molecule has 8 nitrogen and oxygen atoms in total. The third-order valence-electron chi connectivity index (χ3n) is 3.25. The van der Waals surface area contributed by atoms with E-state index in [1.54, 1.807) is 0 Å². The van der Waals surface area contributed by atoms with Crippen molar-refractivity contribution in [3.63, 3.8) is 0 Å². The summed E-state index contributed by atoms with van der Waals surface area (Å²) in [5.41, 5.74) is 7.09. The quantitative estimate of drug-likeness (QED) is 0.826. The van der Waals surface area contributed by atoms with Crippen LogP contribution in [-0.4, -0.2) is 52.4 Å². The summed E-state index contributed by atoms with van der Waals surface area (Å²) in [5, 5.41) is 11.8. The third-order valence-corrected chi connectivity index (χ3v) is 3.25. The van der Waals surface area contributed by atoms with Gasteiger partial charge >= 0.3 is 0 Å². The first-order chi connectivity index (χ1) is 10.2. The van der Waals surface area contributed by atoms with Crippen LogP contribution in [0.1, 0.15) is 0 Å². The molecular formula is C13H16N6O2. The molecule has 110 valence electrons. The average Bonchev–Trinajstić information content (AvgIpc) is 2.96. The lowest BCUT2D eigenvalue weighted by molar-refractivity contribution is -0.118.